The molecule has 0 aliphatic carbocycles. The van der Waals surface area contributed by atoms with Crippen LogP contribution in [0.2, 0.25) is 0 Å². The SMILES string of the molecule is CC/C=C\C/C=C\C/C=C\C/C=C\C/C=C\C/C=C\CCCCCCCCCCC(=O)OC(/C=C\CCCCCCCCCCCC)C(COP(=O)([O-])OCC[N+](C)(C)C)NC(=O)CCCCCCCCCC/C=C\C/C=C\C/C=C\CCCCC. The molecular formula is C76H133N2O7P. The van der Waals surface area contributed by atoms with Crippen molar-refractivity contribution in [2.24, 2.45) is 0 Å². The molecule has 0 aromatic rings. The van der Waals surface area contributed by atoms with Gasteiger partial charge in [0, 0.05) is 12.8 Å². The van der Waals surface area contributed by atoms with Crippen LogP contribution >= 0.6 is 7.82 Å². The van der Waals surface area contributed by atoms with Crippen LogP contribution < -0.4 is 10.2 Å². The van der Waals surface area contributed by atoms with Crippen LogP contribution in [-0.2, 0) is 27.9 Å². The number of phosphoric ester groups is 1. The Balaban J connectivity index is 5.12. The van der Waals surface area contributed by atoms with Crippen molar-refractivity contribution in [3.63, 3.8) is 0 Å². The third-order valence-corrected chi connectivity index (χ3v) is 16.1. The lowest BCUT2D eigenvalue weighted by atomic mass is 10.0. The van der Waals surface area contributed by atoms with E-state index in [9.17, 15) is 19.0 Å². The Hall–Kier alpha value is -3.59. The van der Waals surface area contributed by atoms with E-state index in [1.165, 1.54) is 128 Å². The van der Waals surface area contributed by atoms with E-state index in [1.54, 1.807) is 0 Å². The molecule has 494 valence electrons. The molecule has 0 saturated heterocycles. The minimum absolute atomic E-state index is 0.0309. The first-order valence-electron chi connectivity index (χ1n) is 35.3. The van der Waals surface area contributed by atoms with E-state index in [4.69, 9.17) is 13.8 Å². The first kappa shape index (κ1) is 82.4. The van der Waals surface area contributed by atoms with Crippen molar-refractivity contribution in [1.29, 1.82) is 0 Å². The number of quaternary nitrogens is 1. The molecule has 0 aromatic carbocycles. The lowest BCUT2D eigenvalue weighted by Gasteiger charge is -2.30. The van der Waals surface area contributed by atoms with Crippen LogP contribution in [0.25, 0.3) is 0 Å². The Morgan fingerprint density at radius 1 is 0.419 bits per heavy atom. The van der Waals surface area contributed by atoms with Gasteiger partial charge >= 0.3 is 5.97 Å². The van der Waals surface area contributed by atoms with Gasteiger partial charge in [0.25, 0.3) is 7.82 Å². The number of carbonyl (C=O) groups excluding carboxylic acids is 2. The number of phosphoric acid groups is 1. The molecule has 0 radical (unpaired) electrons. The monoisotopic (exact) mass is 1220 g/mol. The fourth-order valence-electron chi connectivity index (χ4n) is 9.71. The minimum Gasteiger partial charge on any atom is -0.756 e. The van der Waals surface area contributed by atoms with Crippen LogP contribution in [-0.4, -0.2) is 69.4 Å². The zero-order valence-electron chi connectivity index (χ0n) is 56.5. The number of hydrogen-bond acceptors (Lipinski definition) is 7. The summed E-state index contributed by atoms with van der Waals surface area (Å²) in [6.07, 6.45) is 90.3. The number of ether oxygens (including phenoxy) is 1. The molecular weight excluding hydrogens is 1080 g/mol. The number of rotatable bonds is 63. The normalized spacial score (nSPS) is 14.3. The Bertz CT molecular complexity index is 1890. The summed E-state index contributed by atoms with van der Waals surface area (Å²) in [4.78, 5) is 40.2. The summed E-state index contributed by atoms with van der Waals surface area (Å²) in [7, 11) is 1.16. The minimum atomic E-state index is -4.72. The van der Waals surface area contributed by atoms with Gasteiger partial charge in [0.2, 0.25) is 5.91 Å². The highest BCUT2D eigenvalue weighted by molar-refractivity contribution is 7.45. The fraction of sp³-hybridized carbons (Fsp3) is 0.711. The molecule has 0 aliphatic heterocycles. The number of likely N-dealkylation sites (N-methyl/N-ethyl adjacent to an activating group) is 1. The summed E-state index contributed by atoms with van der Waals surface area (Å²) in [6, 6.07) is -0.905. The standard InChI is InChI=1S/C76H133N2O7P/c1-7-10-13-16-19-22-25-28-30-32-34-36-37-38-39-40-41-43-45-47-49-51-54-57-60-63-66-69-76(80)85-74(67-64-61-58-55-52-27-24-21-18-15-12-9-3)73(72-84-86(81,82)83-71-70-78(4,5)6)77-75(79)68-65-62-59-56-53-50-48-46-44-42-35-33-31-29-26-23-20-17-14-11-8-2/h10,13,19-20,22-23,28-31,34-36,38-39,41-43,64,67,73-74H,7-9,11-12,14-18,21,24-27,32-33,37,40,44-63,65-66,68-72H2,1-6H3,(H-,77,79,81,82)/b13-10-,22-19-,23-20-,30-28-,31-29-,36-34-,39-38-,42-35-,43-41-,67-64-. The van der Waals surface area contributed by atoms with Gasteiger partial charge in [-0.1, -0.05) is 284 Å². The van der Waals surface area contributed by atoms with Crippen LogP contribution in [0.5, 0.6) is 0 Å². The second-order valence-electron chi connectivity index (χ2n) is 24.6. The van der Waals surface area contributed by atoms with Gasteiger partial charge < -0.3 is 28.5 Å². The smallest absolute Gasteiger partial charge is 0.306 e. The maximum absolute atomic E-state index is 13.6. The highest BCUT2D eigenvalue weighted by atomic mass is 31.2. The van der Waals surface area contributed by atoms with Crippen molar-refractivity contribution in [1.82, 2.24) is 5.32 Å². The average molecular weight is 1220 g/mol. The Kier molecular flexibility index (Phi) is 61.7. The molecule has 0 spiro atoms. The fourth-order valence-corrected chi connectivity index (χ4v) is 10.4. The van der Waals surface area contributed by atoms with Crippen molar-refractivity contribution in [3.05, 3.63) is 122 Å². The van der Waals surface area contributed by atoms with Gasteiger partial charge in [-0.25, -0.2) is 0 Å². The van der Waals surface area contributed by atoms with Crippen LogP contribution in [0.3, 0.4) is 0 Å². The van der Waals surface area contributed by atoms with Crippen molar-refractivity contribution in [2.75, 3.05) is 40.9 Å². The number of unbranched alkanes of at least 4 members (excludes halogenated alkanes) is 29. The van der Waals surface area contributed by atoms with E-state index in [-0.39, 0.29) is 24.9 Å². The lowest BCUT2D eigenvalue weighted by molar-refractivity contribution is -0.870. The quantitative estimate of drug-likeness (QED) is 0.0212. The molecule has 0 aliphatic rings. The molecule has 3 unspecified atom stereocenters. The van der Waals surface area contributed by atoms with Crippen LogP contribution in [0.15, 0.2) is 122 Å². The topological polar surface area (TPSA) is 114 Å². The molecule has 0 rings (SSSR count). The van der Waals surface area contributed by atoms with Gasteiger partial charge in [0.15, 0.2) is 0 Å². The summed E-state index contributed by atoms with van der Waals surface area (Å²) in [5.41, 5.74) is 0. The second kappa shape index (κ2) is 64.4. The van der Waals surface area contributed by atoms with E-state index in [2.05, 4.69) is 135 Å². The molecule has 0 heterocycles. The molecule has 10 heteroatoms. The zero-order valence-corrected chi connectivity index (χ0v) is 57.4. The number of carbonyl (C=O) groups is 2. The van der Waals surface area contributed by atoms with E-state index in [0.29, 0.717) is 23.9 Å². The number of nitrogens with one attached hydrogen (secondary N) is 1. The zero-order chi connectivity index (χ0) is 62.8. The number of allylic oxidation sites excluding steroid dienone is 19. The van der Waals surface area contributed by atoms with Gasteiger partial charge in [-0.2, -0.15) is 0 Å². The third-order valence-electron chi connectivity index (χ3n) is 15.1. The molecule has 0 aromatic heterocycles. The highest BCUT2D eigenvalue weighted by Crippen LogP contribution is 2.38. The van der Waals surface area contributed by atoms with Crippen molar-refractivity contribution in [3.8, 4) is 0 Å². The Morgan fingerprint density at radius 2 is 0.744 bits per heavy atom. The highest BCUT2D eigenvalue weighted by Gasteiger charge is 2.27. The van der Waals surface area contributed by atoms with E-state index < -0.39 is 26.6 Å². The first-order chi connectivity index (χ1) is 41.9. The summed E-state index contributed by atoms with van der Waals surface area (Å²) in [5, 5.41) is 3.03. The van der Waals surface area contributed by atoms with Gasteiger partial charge in [0.05, 0.1) is 33.8 Å². The number of amides is 1. The summed E-state index contributed by atoms with van der Waals surface area (Å²) in [6.45, 7) is 6.70. The first-order valence-corrected chi connectivity index (χ1v) is 36.8. The van der Waals surface area contributed by atoms with Crippen molar-refractivity contribution in [2.45, 2.75) is 309 Å². The van der Waals surface area contributed by atoms with E-state index >= 15 is 0 Å². The van der Waals surface area contributed by atoms with E-state index in [0.717, 1.165) is 128 Å². The second-order valence-corrected chi connectivity index (χ2v) is 26.1. The Morgan fingerprint density at radius 3 is 1.14 bits per heavy atom. The van der Waals surface area contributed by atoms with Crippen LogP contribution in [0.4, 0.5) is 0 Å². The lowest BCUT2D eigenvalue weighted by Crippen LogP contribution is -2.47. The molecule has 1 amide bonds. The molecule has 1 N–H and O–H groups in total. The van der Waals surface area contributed by atoms with Crippen LogP contribution in [0, 0.1) is 0 Å². The van der Waals surface area contributed by atoms with Crippen molar-refractivity contribution < 1.29 is 37.3 Å². The molecule has 0 saturated carbocycles. The number of nitrogens with zero attached hydrogens (tertiary/aromatic N) is 1. The van der Waals surface area contributed by atoms with Crippen LogP contribution in [0.1, 0.15) is 297 Å². The number of hydrogen-bond donors (Lipinski definition) is 1. The van der Waals surface area contributed by atoms with Gasteiger partial charge in [-0.05, 0) is 122 Å². The summed E-state index contributed by atoms with van der Waals surface area (Å²) >= 11 is 0. The number of esters is 1. The predicted octanol–water partition coefficient (Wildman–Crippen LogP) is 22.0. The maximum atomic E-state index is 13.6. The molecule has 9 nitrogen and oxygen atoms in total. The van der Waals surface area contributed by atoms with Gasteiger partial charge in [0.1, 0.15) is 19.3 Å². The molecule has 86 heavy (non-hydrogen) atoms. The summed E-state index contributed by atoms with van der Waals surface area (Å²) < 4.78 is 30.4. The van der Waals surface area contributed by atoms with Crippen molar-refractivity contribution >= 4 is 19.7 Å². The average Bonchev–Trinajstić information content (AvgIpc) is 3.65. The van der Waals surface area contributed by atoms with E-state index in [1.807, 2.05) is 33.3 Å². The molecule has 0 fully saturated rings. The van der Waals surface area contributed by atoms with Gasteiger partial charge in [-0.15, -0.1) is 0 Å². The summed E-state index contributed by atoms with van der Waals surface area (Å²) in [5.74, 6) is -0.561. The largest absolute Gasteiger partial charge is 0.756 e. The van der Waals surface area contributed by atoms with Gasteiger partial charge in [-0.3, -0.25) is 14.2 Å². The predicted molar refractivity (Wildman–Crippen MR) is 371 cm³/mol. The third kappa shape index (κ3) is 64.9. The Labute approximate surface area is 531 Å². The molecule has 0 bridgehead atoms. The molecule has 3 atom stereocenters. The maximum Gasteiger partial charge on any atom is 0.306 e.